The number of aromatic nitrogens is 4. The molecule has 0 atom stereocenters. The monoisotopic (exact) mass is 424 g/mol. The van der Waals surface area contributed by atoms with E-state index in [4.69, 9.17) is 0 Å². The van der Waals surface area contributed by atoms with Gasteiger partial charge in [-0.05, 0) is 52.5 Å². The van der Waals surface area contributed by atoms with Crippen LogP contribution in [-0.4, -0.2) is 31.0 Å². The fraction of sp³-hybridized carbons (Fsp3) is 0.125. The third-order valence-electron chi connectivity index (χ3n) is 3.67. The van der Waals surface area contributed by atoms with Crippen molar-refractivity contribution in [1.29, 1.82) is 0 Å². The molecular weight excluding hydrogens is 413 g/mol. The number of amides is 1. The van der Waals surface area contributed by atoms with Crippen LogP contribution in [0.2, 0.25) is 0 Å². The van der Waals surface area contributed by atoms with Gasteiger partial charge in [-0.25, -0.2) is 4.68 Å². The van der Waals surface area contributed by atoms with Crippen LogP contribution in [0.3, 0.4) is 0 Å². The first-order chi connectivity index (χ1) is 13.6. The van der Waals surface area contributed by atoms with Gasteiger partial charge in [0.1, 0.15) is 0 Å². The van der Waals surface area contributed by atoms with Crippen LogP contribution in [-0.2, 0) is 13.2 Å². The van der Waals surface area contributed by atoms with Crippen molar-refractivity contribution < 1.29 is 22.9 Å². The zero-order chi connectivity index (χ0) is 21.2. The summed E-state index contributed by atoms with van der Waals surface area (Å²) in [6, 6.07) is 7.51. The molecule has 0 saturated carbocycles. The first-order valence-corrected chi connectivity index (χ1v) is 8.64. The van der Waals surface area contributed by atoms with Crippen LogP contribution in [0.25, 0.3) is 0 Å². The predicted octanol–water partition coefficient (Wildman–Crippen LogP) is 3.54. The number of nitrogens with zero attached hydrogens (tertiary/aromatic N) is 5. The molecule has 0 radical (unpaired) electrons. The summed E-state index contributed by atoms with van der Waals surface area (Å²) in [6.45, 7) is 0. The second-order valence-electron chi connectivity index (χ2n) is 5.65. The van der Waals surface area contributed by atoms with Gasteiger partial charge in [0, 0.05) is 29.8 Å². The van der Waals surface area contributed by atoms with Crippen LogP contribution >= 0.6 is 11.8 Å². The number of alkyl halides is 3. The fourth-order valence-electron chi connectivity index (χ4n) is 2.25. The number of rotatable bonds is 5. The molecule has 1 heterocycles. The van der Waals surface area contributed by atoms with Gasteiger partial charge in [-0.1, -0.05) is 0 Å². The first kappa shape index (κ1) is 20.3. The molecule has 1 N–H and O–H groups in total. The Morgan fingerprint density at radius 1 is 1.21 bits per heavy atom. The molecule has 13 heteroatoms. The second-order valence-corrected chi connectivity index (χ2v) is 6.66. The molecule has 0 aliphatic heterocycles. The molecule has 0 aliphatic carbocycles. The Morgan fingerprint density at radius 3 is 2.45 bits per heavy atom. The minimum absolute atomic E-state index is 0.0490. The van der Waals surface area contributed by atoms with E-state index in [1.165, 1.54) is 16.8 Å². The minimum atomic E-state index is -4.50. The predicted molar refractivity (Wildman–Crippen MR) is 95.4 cm³/mol. The minimum Gasteiger partial charge on any atom is -0.322 e. The van der Waals surface area contributed by atoms with Gasteiger partial charge in [0.25, 0.3) is 11.6 Å². The number of carbonyl (C=O) groups is 1. The number of non-ortho nitro benzene ring substituents is 1. The molecule has 0 saturated heterocycles. The summed E-state index contributed by atoms with van der Waals surface area (Å²) in [5.41, 5.74) is -1.13. The zero-order valence-corrected chi connectivity index (χ0v) is 15.4. The van der Waals surface area contributed by atoms with Crippen LogP contribution < -0.4 is 5.32 Å². The lowest BCUT2D eigenvalue weighted by Crippen LogP contribution is -2.14. The van der Waals surface area contributed by atoms with Gasteiger partial charge < -0.3 is 5.32 Å². The zero-order valence-electron chi connectivity index (χ0n) is 14.5. The molecule has 9 nitrogen and oxygen atoms in total. The SMILES string of the molecule is Cn1nnnc1Sc1ccc([N+](=O)[O-])cc1C(=O)Nc1ccc(C(F)(F)F)cc1. The van der Waals surface area contributed by atoms with E-state index >= 15 is 0 Å². The van der Waals surface area contributed by atoms with E-state index in [-0.39, 0.29) is 16.9 Å². The maximum atomic E-state index is 12.7. The number of hydrogen-bond acceptors (Lipinski definition) is 7. The average molecular weight is 424 g/mol. The molecule has 0 fully saturated rings. The number of anilines is 1. The van der Waals surface area contributed by atoms with Crippen LogP contribution in [0, 0.1) is 10.1 Å². The van der Waals surface area contributed by atoms with E-state index in [0.717, 1.165) is 42.1 Å². The van der Waals surface area contributed by atoms with Crippen molar-refractivity contribution in [2.75, 3.05) is 5.32 Å². The number of halogens is 3. The first-order valence-electron chi connectivity index (χ1n) is 7.82. The van der Waals surface area contributed by atoms with E-state index in [2.05, 4.69) is 20.8 Å². The molecule has 1 amide bonds. The normalized spacial score (nSPS) is 11.3. The van der Waals surface area contributed by atoms with Gasteiger partial charge in [-0.15, -0.1) is 5.10 Å². The Labute approximate surface area is 165 Å². The van der Waals surface area contributed by atoms with Crippen molar-refractivity contribution in [3.63, 3.8) is 0 Å². The lowest BCUT2D eigenvalue weighted by Gasteiger charge is -2.11. The molecule has 0 aliphatic rings. The van der Waals surface area contributed by atoms with Gasteiger partial charge >= 0.3 is 6.18 Å². The third kappa shape index (κ3) is 4.68. The Bertz CT molecular complexity index is 1070. The van der Waals surface area contributed by atoms with E-state index in [1.807, 2.05) is 0 Å². The number of nitro groups is 1. The molecule has 3 rings (SSSR count). The molecule has 0 spiro atoms. The number of aryl methyl sites for hydroxylation is 1. The van der Waals surface area contributed by atoms with Crippen molar-refractivity contribution in [3.05, 3.63) is 63.7 Å². The molecule has 29 heavy (non-hydrogen) atoms. The number of tetrazole rings is 1. The molecule has 150 valence electrons. The van der Waals surface area contributed by atoms with Gasteiger partial charge in [-0.2, -0.15) is 13.2 Å². The lowest BCUT2D eigenvalue weighted by atomic mass is 10.1. The maximum Gasteiger partial charge on any atom is 0.416 e. The maximum absolute atomic E-state index is 12.7. The highest BCUT2D eigenvalue weighted by Gasteiger charge is 2.30. The lowest BCUT2D eigenvalue weighted by molar-refractivity contribution is -0.384. The van der Waals surface area contributed by atoms with Crippen LogP contribution in [0.5, 0.6) is 0 Å². The number of carbonyl (C=O) groups excluding carboxylic acids is 1. The summed E-state index contributed by atoms with van der Waals surface area (Å²) >= 11 is 1.01. The van der Waals surface area contributed by atoms with Gasteiger partial charge in [0.2, 0.25) is 5.16 Å². The van der Waals surface area contributed by atoms with Gasteiger partial charge in [-0.3, -0.25) is 14.9 Å². The smallest absolute Gasteiger partial charge is 0.322 e. The van der Waals surface area contributed by atoms with Crippen molar-refractivity contribution in [2.24, 2.45) is 7.05 Å². The Kier molecular flexibility index (Phi) is 5.50. The highest BCUT2D eigenvalue weighted by Crippen LogP contribution is 2.32. The summed E-state index contributed by atoms with van der Waals surface area (Å²) in [5, 5.41) is 24.8. The highest BCUT2D eigenvalue weighted by atomic mass is 32.2. The summed E-state index contributed by atoms with van der Waals surface area (Å²) in [6.07, 6.45) is -4.50. The van der Waals surface area contributed by atoms with Crippen molar-refractivity contribution in [2.45, 2.75) is 16.2 Å². The molecule has 3 aromatic rings. The summed E-state index contributed by atoms with van der Waals surface area (Å²) in [4.78, 5) is 23.4. The van der Waals surface area contributed by atoms with Crippen molar-refractivity contribution in [3.8, 4) is 0 Å². The molecule has 0 unspecified atom stereocenters. The summed E-state index contributed by atoms with van der Waals surface area (Å²) in [7, 11) is 1.58. The number of benzene rings is 2. The van der Waals surface area contributed by atoms with E-state index in [1.54, 1.807) is 7.05 Å². The fourth-order valence-corrected chi connectivity index (χ4v) is 3.09. The van der Waals surface area contributed by atoms with Crippen LogP contribution in [0.1, 0.15) is 15.9 Å². The van der Waals surface area contributed by atoms with Gasteiger partial charge in [0.15, 0.2) is 0 Å². The summed E-state index contributed by atoms with van der Waals surface area (Å²) in [5.74, 6) is -0.730. The average Bonchev–Trinajstić information content (AvgIpc) is 3.06. The Morgan fingerprint density at radius 2 is 1.90 bits per heavy atom. The third-order valence-corrected chi connectivity index (χ3v) is 4.78. The number of nitro benzene ring substituents is 1. The number of nitrogens with one attached hydrogen (secondary N) is 1. The van der Waals surface area contributed by atoms with Crippen molar-refractivity contribution >= 4 is 29.0 Å². The van der Waals surface area contributed by atoms with Crippen molar-refractivity contribution in [1.82, 2.24) is 20.2 Å². The highest BCUT2D eigenvalue weighted by molar-refractivity contribution is 7.99. The van der Waals surface area contributed by atoms with Crippen LogP contribution in [0.4, 0.5) is 24.5 Å². The van der Waals surface area contributed by atoms with Crippen LogP contribution in [0.15, 0.2) is 52.5 Å². The summed E-state index contributed by atoms with van der Waals surface area (Å²) < 4.78 is 39.3. The van der Waals surface area contributed by atoms with E-state index in [0.29, 0.717) is 10.1 Å². The number of hydrogen-bond donors (Lipinski definition) is 1. The topological polar surface area (TPSA) is 116 Å². The molecule has 0 bridgehead atoms. The van der Waals surface area contributed by atoms with E-state index in [9.17, 15) is 28.1 Å². The van der Waals surface area contributed by atoms with E-state index < -0.39 is 22.6 Å². The molecule has 1 aromatic heterocycles. The Hall–Kier alpha value is -3.48. The molecule has 2 aromatic carbocycles. The second kappa shape index (κ2) is 7.87. The van der Waals surface area contributed by atoms with Gasteiger partial charge in [0.05, 0.1) is 16.1 Å². The largest absolute Gasteiger partial charge is 0.416 e. The molecular formula is C16H11F3N6O3S. The Balaban J connectivity index is 1.90. The quantitative estimate of drug-likeness (QED) is 0.492. The standard InChI is InChI=1S/C16H11F3N6O3S/c1-24-15(21-22-23-24)29-13-7-6-11(25(27)28)8-12(13)14(26)20-10-4-2-9(3-5-10)16(17,18)19/h2-8H,1H3,(H,20,26).